The van der Waals surface area contributed by atoms with Crippen molar-refractivity contribution in [3.8, 4) is 0 Å². The molecule has 1 saturated heterocycles. The molecule has 1 aliphatic heterocycles. The van der Waals surface area contributed by atoms with Crippen LogP contribution in [0.15, 0.2) is 53.4 Å². The largest absolute Gasteiger partial charge is 0.354 e. The summed E-state index contributed by atoms with van der Waals surface area (Å²) in [6.45, 7) is 2.17. The van der Waals surface area contributed by atoms with Gasteiger partial charge in [-0.05, 0) is 42.0 Å². The molecule has 28 heavy (non-hydrogen) atoms. The molecule has 0 unspecified atom stereocenters. The molecule has 1 aliphatic rings. The number of hydrogen-bond acceptors (Lipinski definition) is 4. The van der Waals surface area contributed by atoms with E-state index in [4.69, 9.17) is 0 Å². The third kappa shape index (κ3) is 4.67. The molecule has 7 heteroatoms. The van der Waals surface area contributed by atoms with Crippen molar-refractivity contribution in [2.75, 3.05) is 13.1 Å². The summed E-state index contributed by atoms with van der Waals surface area (Å²) in [7, 11) is 0. The maximum absolute atomic E-state index is 13.8. The Morgan fingerprint density at radius 2 is 1.86 bits per heavy atom. The number of nitrogens with zero attached hydrogens (tertiary/aromatic N) is 1. The summed E-state index contributed by atoms with van der Waals surface area (Å²) in [5.74, 6) is -1.12. The van der Waals surface area contributed by atoms with E-state index in [0.29, 0.717) is 0 Å². The Kier molecular flexibility index (Phi) is 6.26. The van der Waals surface area contributed by atoms with E-state index in [1.807, 2.05) is 31.2 Å². The van der Waals surface area contributed by atoms with E-state index in [1.165, 1.54) is 18.2 Å². The summed E-state index contributed by atoms with van der Waals surface area (Å²) in [5.41, 5.74) is 2.21. The molecule has 1 fully saturated rings. The summed E-state index contributed by atoms with van der Waals surface area (Å²) < 4.78 is 13.8. The van der Waals surface area contributed by atoms with Gasteiger partial charge >= 0.3 is 0 Å². The summed E-state index contributed by atoms with van der Waals surface area (Å²) in [5, 5.41) is 2.30. The molecule has 0 radical (unpaired) electrons. The number of carbonyl (C=O) groups excluding carboxylic acids is 3. The van der Waals surface area contributed by atoms with Crippen LogP contribution in [0.4, 0.5) is 9.18 Å². The smallest absolute Gasteiger partial charge is 0.293 e. The van der Waals surface area contributed by atoms with E-state index in [2.05, 4.69) is 5.32 Å². The lowest BCUT2D eigenvalue weighted by Crippen LogP contribution is -2.37. The quantitative estimate of drug-likeness (QED) is 0.756. The van der Waals surface area contributed by atoms with Crippen LogP contribution in [0, 0.1) is 12.7 Å². The number of hydrogen-bond donors (Lipinski definition) is 1. The van der Waals surface area contributed by atoms with Crippen LogP contribution in [0.25, 0.3) is 6.08 Å². The molecule has 0 saturated carbocycles. The lowest BCUT2D eigenvalue weighted by molar-refractivity contribution is -0.124. The van der Waals surface area contributed by atoms with Gasteiger partial charge in [0.15, 0.2) is 0 Å². The highest BCUT2D eigenvalue weighted by atomic mass is 32.2. The molecule has 2 aromatic carbocycles. The highest BCUT2D eigenvalue weighted by molar-refractivity contribution is 8.18. The van der Waals surface area contributed by atoms with Gasteiger partial charge in [-0.2, -0.15) is 0 Å². The fourth-order valence-corrected chi connectivity index (χ4v) is 3.63. The number of carbonyl (C=O) groups is 3. The number of amides is 3. The van der Waals surface area contributed by atoms with Crippen molar-refractivity contribution in [3.05, 3.63) is 75.9 Å². The summed E-state index contributed by atoms with van der Waals surface area (Å²) >= 11 is 0.768. The van der Waals surface area contributed by atoms with Crippen LogP contribution in [0.2, 0.25) is 0 Å². The molecule has 5 nitrogen and oxygen atoms in total. The van der Waals surface area contributed by atoms with Gasteiger partial charge in [0.25, 0.3) is 11.1 Å². The Labute approximate surface area is 166 Å². The van der Waals surface area contributed by atoms with E-state index in [1.54, 1.807) is 12.1 Å². The van der Waals surface area contributed by atoms with Crippen molar-refractivity contribution in [2.45, 2.75) is 13.3 Å². The van der Waals surface area contributed by atoms with E-state index in [9.17, 15) is 18.8 Å². The number of nitrogens with one attached hydrogen (secondary N) is 1. The maximum atomic E-state index is 13.8. The van der Waals surface area contributed by atoms with Gasteiger partial charge in [0.05, 0.1) is 11.3 Å². The van der Waals surface area contributed by atoms with Crippen LogP contribution in [0.3, 0.4) is 0 Å². The predicted octanol–water partition coefficient (Wildman–Crippen LogP) is 3.53. The number of halogens is 1. The molecular weight excluding hydrogens is 379 g/mol. The Hall–Kier alpha value is -2.93. The normalized spacial score (nSPS) is 15.4. The second-order valence-electron chi connectivity index (χ2n) is 6.31. The van der Waals surface area contributed by atoms with Gasteiger partial charge in [-0.3, -0.25) is 19.3 Å². The highest BCUT2D eigenvalue weighted by Gasteiger charge is 2.34. The summed E-state index contributed by atoms with van der Waals surface area (Å²) in [4.78, 5) is 37.8. The van der Waals surface area contributed by atoms with E-state index in [-0.39, 0.29) is 35.9 Å². The first kappa shape index (κ1) is 19.8. The average molecular weight is 398 g/mol. The Bertz CT molecular complexity index is 958. The number of aryl methyl sites for hydroxylation is 1. The Balaban J connectivity index is 1.56. The Morgan fingerprint density at radius 3 is 2.61 bits per heavy atom. The lowest BCUT2D eigenvalue weighted by Gasteiger charge is -2.13. The minimum atomic E-state index is -0.480. The van der Waals surface area contributed by atoms with Gasteiger partial charge in [0.1, 0.15) is 5.82 Å². The molecule has 0 spiro atoms. The number of thioether (sulfide) groups is 1. The van der Waals surface area contributed by atoms with Crippen molar-refractivity contribution >= 4 is 34.9 Å². The molecule has 1 N–H and O–H groups in total. The van der Waals surface area contributed by atoms with Crippen molar-refractivity contribution < 1.29 is 18.8 Å². The number of rotatable bonds is 6. The van der Waals surface area contributed by atoms with Crippen LogP contribution in [-0.2, 0) is 16.0 Å². The number of imide groups is 1. The second kappa shape index (κ2) is 8.84. The first-order chi connectivity index (χ1) is 13.5. The SMILES string of the molecule is Cc1ccccc1CC(=O)NCCN1C(=O)S/C(=C\c2ccccc2F)C1=O. The standard InChI is InChI=1S/C21H19FN2O3S/c1-14-6-2-3-7-15(14)13-19(25)23-10-11-24-20(26)18(28-21(24)27)12-16-8-4-5-9-17(16)22/h2-9,12H,10-11,13H2,1H3,(H,23,25)/b18-12-. The fraction of sp³-hybridized carbons (Fsp3) is 0.190. The summed E-state index contributed by atoms with van der Waals surface area (Å²) in [6, 6.07) is 13.6. The van der Waals surface area contributed by atoms with E-state index in [0.717, 1.165) is 27.8 Å². The third-order valence-corrected chi connectivity index (χ3v) is 5.24. The second-order valence-corrected chi connectivity index (χ2v) is 7.30. The van der Waals surface area contributed by atoms with Gasteiger partial charge in [-0.15, -0.1) is 0 Å². The monoisotopic (exact) mass is 398 g/mol. The minimum Gasteiger partial charge on any atom is -0.354 e. The molecule has 2 aromatic rings. The molecule has 3 rings (SSSR count). The van der Waals surface area contributed by atoms with Crippen LogP contribution >= 0.6 is 11.8 Å². The molecule has 0 bridgehead atoms. The molecular formula is C21H19FN2O3S. The van der Waals surface area contributed by atoms with Crippen molar-refractivity contribution in [1.82, 2.24) is 10.2 Å². The van der Waals surface area contributed by atoms with Crippen LogP contribution in [0.5, 0.6) is 0 Å². The summed E-state index contributed by atoms with van der Waals surface area (Å²) in [6.07, 6.45) is 1.61. The maximum Gasteiger partial charge on any atom is 0.293 e. The average Bonchev–Trinajstić information content (AvgIpc) is 2.93. The third-order valence-electron chi connectivity index (χ3n) is 4.34. The predicted molar refractivity (Wildman–Crippen MR) is 107 cm³/mol. The molecule has 0 atom stereocenters. The van der Waals surface area contributed by atoms with E-state index < -0.39 is 17.0 Å². The molecule has 3 amide bonds. The van der Waals surface area contributed by atoms with Crippen molar-refractivity contribution in [3.63, 3.8) is 0 Å². The first-order valence-corrected chi connectivity index (χ1v) is 9.58. The first-order valence-electron chi connectivity index (χ1n) is 8.77. The molecule has 144 valence electrons. The topological polar surface area (TPSA) is 66.5 Å². The Morgan fingerprint density at radius 1 is 1.14 bits per heavy atom. The van der Waals surface area contributed by atoms with Crippen molar-refractivity contribution in [2.24, 2.45) is 0 Å². The van der Waals surface area contributed by atoms with E-state index >= 15 is 0 Å². The fourth-order valence-electron chi connectivity index (χ4n) is 2.78. The van der Waals surface area contributed by atoms with Crippen LogP contribution in [-0.4, -0.2) is 35.0 Å². The lowest BCUT2D eigenvalue weighted by atomic mass is 10.1. The minimum absolute atomic E-state index is 0.0682. The molecule has 0 aromatic heterocycles. The highest BCUT2D eigenvalue weighted by Crippen LogP contribution is 2.32. The van der Waals surface area contributed by atoms with Gasteiger partial charge < -0.3 is 5.32 Å². The zero-order valence-electron chi connectivity index (χ0n) is 15.3. The van der Waals surface area contributed by atoms with Gasteiger partial charge in [-0.1, -0.05) is 42.5 Å². The van der Waals surface area contributed by atoms with Crippen LogP contribution in [0.1, 0.15) is 16.7 Å². The van der Waals surface area contributed by atoms with Crippen LogP contribution < -0.4 is 5.32 Å². The zero-order valence-corrected chi connectivity index (χ0v) is 16.1. The van der Waals surface area contributed by atoms with Crippen molar-refractivity contribution in [1.29, 1.82) is 0 Å². The van der Waals surface area contributed by atoms with Gasteiger partial charge in [-0.25, -0.2) is 4.39 Å². The van der Waals surface area contributed by atoms with Gasteiger partial charge in [0.2, 0.25) is 5.91 Å². The van der Waals surface area contributed by atoms with Gasteiger partial charge in [0, 0.05) is 18.7 Å². The molecule has 0 aliphatic carbocycles. The zero-order chi connectivity index (χ0) is 20.1. The molecule has 1 heterocycles. The number of benzene rings is 2.